The fourth-order valence-electron chi connectivity index (χ4n) is 0.541. The maximum Gasteiger partial charge on any atom is 0.209 e. The van der Waals surface area contributed by atoms with Crippen molar-refractivity contribution in [2.24, 2.45) is 0 Å². The fourth-order valence-corrected chi connectivity index (χ4v) is 0.541. The second-order valence-corrected chi connectivity index (χ2v) is 1.73. The van der Waals surface area contributed by atoms with E-state index in [9.17, 15) is 0 Å². The third kappa shape index (κ3) is 1.11. The lowest BCUT2D eigenvalue weighted by Crippen LogP contribution is -1.80. The molecule has 0 amide bonds. The van der Waals surface area contributed by atoms with Gasteiger partial charge in [0.15, 0.2) is 0 Å². The molecule has 1 heterocycles. The number of rotatable bonds is 1. The van der Waals surface area contributed by atoms with Crippen molar-refractivity contribution in [3.63, 3.8) is 0 Å². The molecule has 45 valence electrons. The molecule has 1 rings (SSSR count). The minimum atomic E-state index is 0.551. The molecular formula is C7H6NO. The number of nitrogens with zero attached hydrogens (tertiary/aromatic N) is 1. The van der Waals surface area contributed by atoms with Crippen molar-refractivity contribution < 1.29 is 4.52 Å². The highest BCUT2D eigenvalue weighted by Gasteiger charge is 1.99. The summed E-state index contributed by atoms with van der Waals surface area (Å²) in [6.45, 7) is 1.84. The molecule has 0 aromatic carbocycles. The molecule has 0 aliphatic rings. The van der Waals surface area contributed by atoms with Crippen molar-refractivity contribution in [3.05, 3.63) is 17.5 Å². The van der Waals surface area contributed by atoms with Gasteiger partial charge in [-0.25, -0.2) is 0 Å². The van der Waals surface area contributed by atoms with Gasteiger partial charge in [0, 0.05) is 12.0 Å². The van der Waals surface area contributed by atoms with E-state index in [1.165, 1.54) is 0 Å². The molecule has 0 saturated heterocycles. The summed E-state index contributed by atoms with van der Waals surface area (Å²) in [5.74, 6) is 2.48. The molecule has 0 aliphatic carbocycles. The Bertz CT molecular complexity index is 231. The summed E-state index contributed by atoms with van der Waals surface area (Å²) in [4.78, 5) is 0. The van der Waals surface area contributed by atoms with Gasteiger partial charge in [-0.1, -0.05) is 5.16 Å². The molecule has 1 aromatic rings. The highest BCUT2D eigenvalue weighted by Crippen LogP contribution is 2.02. The molecule has 0 aliphatic heterocycles. The van der Waals surface area contributed by atoms with Gasteiger partial charge in [-0.3, -0.25) is 0 Å². The Hall–Kier alpha value is -1.23. The van der Waals surface area contributed by atoms with Gasteiger partial charge in [0.2, 0.25) is 6.26 Å². The molecule has 0 spiro atoms. The molecule has 2 nitrogen and oxygen atoms in total. The lowest BCUT2D eigenvalue weighted by molar-refractivity contribution is 0.407. The molecule has 0 bridgehead atoms. The number of terminal acetylenes is 1. The molecular weight excluding hydrogens is 114 g/mol. The van der Waals surface area contributed by atoms with Gasteiger partial charge in [0.25, 0.3) is 0 Å². The Morgan fingerprint density at radius 2 is 2.67 bits per heavy atom. The topological polar surface area (TPSA) is 26.0 Å². The Labute approximate surface area is 53.9 Å². The van der Waals surface area contributed by atoms with Crippen LogP contribution in [0.2, 0.25) is 0 Å². The molecule has 0 unspecified atom stereocenters. The SMILES string of the molecule is C#CCc1[c]onc1C. The Balaban J connectivity index is 2.84. The average Bonchev–Trinajstić information content (AvgIpc) is 2.18. The Kier molecular flexibility index (Phi) is 1.55. The van der Waals surface area contributed by atoms with E-state index < -0.39 is 0 Å². The summed E-state index contributed by atoms with van der Waals surface area (Å²) in [5.41, 5.74) is 1.70. The Morgan fingerprint density at radius 3 is 3.11 bits per heavy atom. The largest absolute Gasteiger partial charge is 0.352 e. The lowest BCUT2D eigenvalue weighted by Gasteiger charge is -1.82. The molecule has 1 radical (unpaired) electrons. The second kappa shape index (κ2) is 2.36. The zero-order chi connectivity index (χ0) is 6.69. The van der Waals surface area contributed by atoms with E-state index in [1.807, 2.05) is 6.92 Å². The Morgan fingerprint density at radius 1 is 1.89 bits per heavy atom. The smallest absolute Gasteiger partial charge is 0.209 e. The van der Waals surface area contributed by atoms with E-state index in [4.69, 9.17) is 6.42 Å². The third-order valence-electron chi connectivity index (χ3n) is 1.07. The van der Waals surface area contributed by atoms with Crippen LogP contribution in [-0.4, -0.2) is 5.16 Å². The van der Waals surface area contributed by atoms with Gasteiger partial charge in [0.1, 0.15) is 0 Å². The first-order valence-electron chi connectivity index (χ1n) is 2.61. The number of aryl methyl sites for hydroxylation is 1. The van der Waals surface area contributed by atoms with Crippen molar-refractivity contribution in [1.29, 1.82) is 0 Å². The highest BCUT2D eigenvalue weighted by atomic mass is 16.5. The second-order valence-electron chi connectivity index (χ2n) is 1.73. The van der Waals surface area contributed by atoms with Gasteiger partial charge < -0.3 is 4.52 Å². The summed E-state index contributed by atoms with van der Waals surface area (Å²) in [5, 5.41) is 3.61. The van der Waals surface area contributed by atoms with Crippen LogP contribution in [0.25, 0.3) is 0 Å². The van der Waals surface area contributed by atoms with Crippen molar-refractivity contribution in [2.75, 3.05) is 0 Å². The minimum Gasteiger partial charge on any atom is -0.352 e. The number of hydrogen-bond donors (Lipinski definition) is 0. The minimum absolute atomic E-state index is 0.551. The summed E-state index contributed by atoms with van der Waals surface area (Å²) in [7, 11) is 0. The average molecular weight is 120 g/mol. The van der Waals surface area contributed by atoms with Crippen LogP contribution >= 0.6 is 0 Å². The molecule has 1 aromatic heterocycles. The molecule has 0 atom stereocenters. The number of aromatic nitrogens is 1. The first-order valence-corrected chi connectivity index (χ1v) is 2.61. The van der Waals surface area contributed by atoms with Crippen molar-refractivity contribution in [2.45, 2.75) is 13.3 Å². The van der Waals surface area contributed by atoms with Crippen LogP contribution in [0.1, 0.15) is 11.3 Å². The first kappa shape index (κ1) is 5.90. The van der Waals surface area contributed by atoms with E-state index >= 15 is 0 Å². The van der Waals surface area contributed by atoms with E-state index in [0.717, 1.165) is 11.3 Å². The van der Waals surface area contributed by atoms with E-state index in [-0.39, 0.29) is 0 Å². The quantitative estimate of drug-likeness (QED) is 0.516. The molecule has 0 saturated carbocycles. The first-order chi connectivity index (χ1) is 4.34. The van der Waals surface area contributed by atoms with E-state index in [0.29, 0.717) is 6.42 Å². The summed E-state index contributed by atoms with van der Waals surface area (Å²) in [6, 6.07) is 0. The molecule has 0 N–H and O–H groups in total. The van der Waals surface area contributed by atoms with Crippen molar-refractivity contribution >= 4 is 0 Å². The van der Waals surface area contributed by atoms with Gasteiger partial charge in [-0.15, -0.1) is 12.3 Å². The molecule has 9 heavy (non-hydrogen) atoms. The van der Waals surface area contributed by atoms with Crippen molar-refractivity contribution in [3.8, 4) is 12.3 Å². The van der Waals surface area contributed by atoms with Crippen LogP contribution in [0.15, 0.2) is 4.52 Å². The van der Waals surface area contributed by atoms with Crippen LogP contribution in [0.5, 0.6) is 0 Å². The van der Waals surface area contributed by atoms with Crippen molar-refractivity contribution in [1.82, 2.24) is 5.16 Å². The summed E-state index contributed by atoms with van der Waals surface area (Å²) < 4.78 is 4.53. The van der Waals surface area contributed by atoms with Crippen LogP contribution in [-0.2, 0) is 6.42 Å². The van der Waals surface area contributed by atoms with E-state index in [1.54, 1.807) is 0 Å². The zero-order valence-corrected chi connectivity index (χ0v) is 5.14. The fraction of sp³-hybridized carbons (Fsp3) is 0.286. The van der Waals surface area contributed by atoms with Crippen LogP contribution in [0.3, 0.4) is 0 Å². The molecule has 2 heteroatoms. The van der Waals surface area contributed by atoms with Gasteiger partial charge in [0.05, 0.1) is 5.69 Å². The monoisotopic (exact) mass is 120 g/mol. The predicted octanol–water partition coefficient (Wildman–Crippen LogP) is 0.959. The van der Waals surface area contributed by atoms with Gasteiger partial charge in [-0.2, -0.15) is 0 Å². The summed E-state index contributed by atoms with van der Waals surface area (Å²) >= 11 is 0. The summed E-state index contributed by atoms with van der Waals surface area (Å²) in [6.07, 6.45) is 8.18. The molecule has 0 fully saturated rings. The standard InChI is InChI=1S/C7H6NO/c1-3-4-7-5-9-8-6(7)2/h1H,4H2,2H3. The normalized spacial score (nSPS) is 8.89. The maximum atomic E-state index is 5.05. The number of hydrogen-bond acceptors (Lipinski definition) is 2. The van der Waals surface area contributed by atoms with Gasteiger partial charge >= 0.3 is 0 Å². The van der Waals surface area contributed by atoms with Crippen LogP contribution in [0.4, 0.5) is 0 Å². The van der Waals surface area contributed by atoms with Crippen LogP contribution in [0, 0.1) is 25.5 Å². The van der Waals surface area contributed by atoms with Gasteiger partial charge in [-0.05, 0) is 6.92 Å². The third-order valence-corrected chi connectivity index (χ3v) is 1.07. The highest BCUT2D eigenvalue weighted by molar-refractivity contribution is 5.16. The van der Waals surface area contributed by atoms with E-state index in [2.05, 4.69) is 21.9 Å². The maximum absolute atomic E-state index is 5.05. The zero-order valence-electron chi connectivity index (χ0n) is 5.14. The van der Waals surface area contributed by atoms with Crippen LogP contribution < -0.4 is 0 Å². The predicted molar refractivity (Wildman–Crippen MR) is 32.6 cm³/mol. The lowest BCUT2D eigenvalue weighted by atomic mass is 10.2.